The van der Waals surface area contributed by atoms with Crippen molar-refractivity contribution in [2.45, 2.75) is 31.4 Å². The van der Waals surface area contributed by atoms with Crippen LogP contribution in [0.25, 0.3) is 11.1 Å². The highest BCUT2D eigenvalue weighted by Crippen LogP contribution is 2.58. The zero-order chi connectivity index (χ0) is 26.2. The average Bonchev–Trinajstić information content (AvgIpc) is 3.64. The molecule has 1 aliphatic carbocycles. The van der Waals surface area contributed by atoms with Crippen molar-refractivity contribution in [1.29, 1.82) is 0 Å². The predicted molar refractivity (Wildman–Crippen MR) is 132 cm³/mol. The molecule has 0 spiro atoms. The van der Waals surface area contributed by atoms with E-state index in [2.05, 4.69) is 21.7 Å². The number of ether oxygens (including phenoxy) is 1. The number of carbonyl (C=O) groups is 1. The SMILES string of the molecule is Cc1ccc(NC(=O)c2ccnc(C(F)(F)F)c2)cc1-c1cc(NCCO)nc(C23CCOCC2C3)c1. The maximum absolute atomic E-state index is 13.0. The van der Waals surface area contributed by atoms with E-state index in [0.717, 1.165) is 54.1 Å². The van der Waals surface area contributed by atoms with Gasteiger partial charge in [-0.05, 0) is 78.8 Å². The maximum atomic E-state index is 13.0. The molecule has 1 saturated heterocycles. The molecule has 3 heterocycles. The fourth-order valence-electron chi connectivity index (χ4n) is 4.98. The topological polar surface area (TPSA) is 96.4 Å². The van der Waals surface area contributed by atoms with Crippen molar-refractivity contribution in [2.75, 3.05) is 37.0 Å². The van der Waals surface area contributed by atoms with Gasteiger partial charge in [-0.25, -0.2) is 4.98 Å². The summed E-state index contributed by atoms with van der Waals surface area (Å²) in [5.41, 5.74) is 2.88. The van der Waals surface area contributed by atoms with Crippen molar-refractivity contribution in [2.24, 2.45) is 5.92 Å². The van der Waals surface area contributed by atoms with Crippen LogP contribution in [0.15, 0.2) is 48.7 Å². The molecule has 194 valence electrons. The molecule has 1 aromatic carbocycles. The van der Waals surface area contributed by atoms with E-state index >= 15 is 0 Å². The molecule has 0 bridgehead atoms. The monoisotopic (exact) mass is 512 g/mol. The van der Waals surface area contributed by atoms with Gasteiger partial charge in [0.15, 0.2) is 0 Å². The van der Waals surface area contributed by atoms with E-state index in [4.69, 9.17) is 9.72 Å². The molecule has 1 amide bonds. The average molecular weight is 513 g/mol. The normalized spacial score (nSPS) is 20.7. The Bertz CT molecular complexity index is 1330. The minimum atomic E-state index is -4.64. The molecule has 2 atom stereocenters. The molecule has 3 aromatic rings. The Labute approximate surface area is 212 Å². The van der Waals surface area contributed by atoms with Crippen molar-refractivity contribution in [3.8, 4) is 11.1 Å². The number of aryl methyl sites for hydroxylation is 1. The number of pyridine rings is 2. The van der Waals surface area contributed by atoms with Gasteiger partial charge in [0.2, 0.25) is 0 Å². The number of amides is 1. The Kier molecular flexibility index (Phi) is 6.63. The number of aliphatic hydroxyl groups excluding tert-OH is 1. The first-order valence-electron chi connectivity index (χ1n) is 12.1. The molecule has 3 N–H and O–H groups in total. The van der Waals surface area contributed by atoms with E-state index in [1.807, 2.05) is 19.1 Å². The summed E-state index contributed by atoms with van der Waals surface area (Å²) in [5, 5.41) is 15.2. The number of nitrogens with one attached hydrogen (secondary N) is 2. The number of aliphatic hydroxyl groups is 1. The van der Waals surface area contributed by atoms with Crippen LogP contribution in [0.3, 0.4) is 0 Å². The molecule has 2 aromatic heterocycles. The zero-order valence-corrected chi connectivity index (χ0v) is 20.2. The summed E-state index contributed by atoms with van der Waals surface area (Å²) in [4.78, 5) is 20.9. The molecule has 2 unspecified atom stereocenters. The Morgan fingerprint density at radius 1 is 1.22 bits per heavy atom. The molecule has 1 aliphatic heterocycles. The lowest BCUT2D eigenvalue weighted by molar-refractivity contribution is -0.141. The number of aromatic nitrogens is 2. The van der Waals surface area contributed by atoms with Crippen molar-refractivity contribution >= 4 is 17.4 Å². The van der Waals surface area contributed by atoms with E-state index in [1.54, 1.807) is 12.1 Å². The standard InChI is InChI=1S/C27H27F3N4O3/c1-16-2-3-20(33-25(36)17-4-6-31-23(10-17)27(28,29)30)13-21(16)18-11-22(34-24(12-18)32-7-8-35)26-5-9-37-15-19(26)14-26/h2-4,6,10-13,19,35H,5,7-9,14-15H2,1H3,(H,32,34)(H,33,36). The van der Waals surface area contributed by atoms with Gasteiger partial charge in [0, 0.05) is 36.0 Å². The van der Waals surface area contributed by atoms with Gasteiger partial charge in [-0.15, -0.1) is 0 Å². The number of anilines is 2. The zero-order valence-electron chi connectivity index (χ0n) is 20.2. The Morgan fingerprint density at radius 2 is 2.05 bits per heavy atom. The third-order valence-electron chi connectivity index (χ3n) is 7.12. The van der Waals surface area contributed by atoms with E-state index in [-0.39, 0.29) is 17.6 Å². The number of benzene rings is 1. The van der Waals surface area contributed by atoms with Crippen LogP contribution in [0.5, 0.6) is 0 Å². The van der Waals surface area contributed by atoms with Gasteiger partial charge in [-0.2, -0.15) is 13.2 Å². The van der Waals surface area contributed by atoms with Crippen molar-refractivity contribution in [3.05, 3.63) is 71.2 Å². The van der Waals surface area contributed by atoms with Gasteiger partial charge in [0.25, 0.3) is 5.91 Å². The fourth-order valence-corrected chi connectivity index (χ4v) is 4.98. The van der Waals surface area contributed by atoms with E-state index in [0.29, 0.717) is 30.6 Å². The minimum Gasteiger partial charge on any atom is -0.395 e. The number of halogens is 3. The van der Waals surface area contributed by atoms with Gasteiger partial charge >= 0.3 is 6.18 Å². The van der Waals surface area contributed by atoms with Crippen LogP contribution in [0, 0.1) is 12.8 Å². The number of hydrogen-bond donors (Lipinski definition) is 3. The van der Waals surface area contributed by atoms with E-state index in [1.165, 1.54) is 6.07 Å². The van der Waals surface area contributed by atoms with Crippen LogP contribution in [-0.4, -0.2) is 47.3 Å². The predicted octanol–water partition coefficient (Wildman–Crippen LogP) is 4.81. The number of hydrogen-bond acceptors (Lipinski definition) is 6. The highest BCUT2D eigenvalue weighted by molar-refractivity contribution is 6.04. The first-order chi connectivity index (χ1) is 17.7. The van der Waals surface area contributed by atoms with Crippen LogP contribution >= 0.6 is 0 Å². The highest BCUT2D eigenvalue weighted by atomic mass is 19.4. The smallest absolute Gasteiger partial charge is 0.395 e. The summed E-state index contributed by atoms with van der Waals surface area (Å²) < 4.78 is 44.7. The molecule has 37 heavy (non-hydrogen) atoms. The van der Waals surface area contributed by atoms with Crippen molar-refractivity contribution in [1.82, 2.24) is 9.97 Å². The number of nitrogens with zero attached hydrogens (tertiary/aromatic N) is 2. The molecule has 10 heteroatoms. The van der Waals surface area contributed by atoms with Crippen LogP contribution in [0.1, 0.15) is 40.2 Å². The highest BCUT2D eigenvalue weighted by Gasteiger charge is 2.57. The molecule has 1 saturated carbocycles. The van der Waals surface area contributed by atoms with Gasteiger partial charge in [0.05, 0.1) is 18.9 Å². The molecule has 2 aliphatic rings. The summed E-state index contributed by atoms with van der Waals surface area (Å²) in [6, 6.07) is 11.3. The van der Waals surface area contributed by atoms with Crippen LogP contribution in [0.2, 0.25) is 0 Å². The summed E-state index contributed by atoms with van der Waals surface area (Å²) >= 11 is 0. The molecule has 0 radical (unpaired) electrons. The van der Waals surface area contributed by atoms with Gasteiger partial charge in [-0.3, -0.25) is 9.78 Å². The van der Waals surface area contributed by atoms with Crippen LogP contribution < -0.4 is 10.6 Å². The number of carbonyl (C=O) groups excluding carboxylic acids is 1. The first-order valence-corrected chi connectivity index (χ1v) is 12.1. The maximum Gasteiger partial charge on any atom is 0.433 e. The minimum absolute atomic E-state index is 0.0127. The number of rotatable bonds is 7. The quantitative estimate of drug-likeness (QED) is 0.421. The number of alkyl halides is 3. The molecule has 2 fully saturated rings. The van der Waals surface area contributed by atoms with Crippen LogP contribution in [-0.2, 0) is 16.3 Å². The second-order valence-electron chi connectivity index (χ2n) is 9.57. The summed E-state index contributed by atoms with van der Waals surface area (Å²) in [7, 11) is 0. The van der Waals surface area contributed by atoms with Crippen molar-refractivity contribution < 1.29 is 27.8 Å². The summed E-state index contributed by atoms with van der Waals surface area (Å²) in [5.74, 6) is 0.423. The third kappa shape index (κ3) is 5.17. The molecule has 5 rings (SSSR count). The molecular formula is C27H27F3N4O3. The Morgan fingerprint density at radius 3 is 2.81 bits per heavy atom. The largest absolute Gasteiger partial charge is 0.433 e. The Balaban J connectivity index is 1.46. The van der Waals surface area contributed by atoms with Gasteiger partial charge in [0.1, 0.15) is 11.5 Å². The summed E-state index contributed by atoms with van der Waals surface area (Å²) in [6.45, 7) is 3.68. The fraction of sp³-hybridized carbons (Fsp3) is 0.370. The van der Waals surface area contributed by atoms with E-state index < -0.39 is 17.8 Å². The molecule has 7 nitrogen and oxygen atoms in total. The summed E-state index contributed by atoms with van der Waals surface area (Å²) in [6.07, 6.45) is -1.75. The lowest BCUT2D eigenvalue weighted by atomic mass is 9.90. The Hall–Kier alpha value is -3.50. The first kappa shape index (κ1) is 25.2. The lowest BCUT2D eigenvalue weighted by Gasteiger charge is -2.23. The second kappa shape index (κ2) is 9.75. The van der Waals surface area contributed by atoms with Crippen LogP contribution in [0.4, 0.5) is 24.7 Å². The molecular weight excluding hydrogens is 485 g/mol. The van der Waals surface area contributed by atoms with Gasteiger partial charge in [-0.1, -0.05) is 6.07 Å². The van der Waals surface area contributed by atoms with Gasteiger partial charge < -0.3 is 20.5 Å². The lowest BCUT2D eigenvalue weighted by Crippen LogP contribution is -2.23. The van der Waals surface area contributed by atoms with E-state index in [9.17, 15) is 23.1 Å². The van der Waals surface area contributed by atoms with Crippen molar-refractivity contribution in [3.63, 3.8) is 0 Å². The third-order valence-corrected chi connectivity index (χ3v) is 7.12. The number of fused-ring (bicyclic) bond motifs is 1. The second-order valence-corrected chi connectivity index (χ2v) is 9.57.